The average Bonchev–Trinajstić information content (AvgIpc) is 2.40. The van der Waals surface area contributed by atoms with Gasteiger partial charge in [0, 0.05) is 18.3 Å². The van der Waals surface area contributed by atoms with Crippen LogP contribution in [0.25, 0.3) is 0 Å². The predicted molar refractivity (Wildman–Crippen MR) is 74.6 cm³/mol. The van der Waals surface area contributed by atoms with Crippen LogP contribution in [0.15, 0.2) is 30.6 Å². The minimum absolute atomic E-state index is 0.176. The van der Waals surface area contributed by atoms with Gasteiger partial charge in [-0.05, 0) is 30.0 Å². The van der Waals surface area contributed by atoms with Crippen LogP contribution < -0.4 is 5.32 Å². The molecule has 0 spiro atoms. The summed E-state index contributed by atoms with van der Waals surface area (Å²) in [5.41, 5.74) is 2.55. The molecule has 0 saturated heterocycles. The zero-order valence-corrected chi connectivity index (χ0v) is 11.4. The van der Waals surface area contributed by atoms with Gasteiger partial charge in [-0.1, -0.05) is 26.0 Å². The fourth-order valence-electron chi connectivity index (χ4n) is 1.72. The van der Waals surface area contributed by atoms with Crippen LogP contribution in [0.5, 0.6) is 0 Å². The molecule has 1 aromatic heterocycles. The van der Waals surface area contributed by atoms with Crippen molar-refractivity contribution in [3.63, 3.8) is 0 Å². The van der Waals surface area contributed by atoms with E-state index in [0.29, 0.717) is 18.0 Å². The van der Waals surface area contributed by atoms with Gasteiger partial charge in [-0.15, -0.1) is 0 Å². The van der Waals surface area contributed by atoms with E-state index < -0.39 is 0 Å². The van der Waals surface area contributed by atoms with Crippen LogP contribution in [0.1, 0.15) is 36.6 Å². The largest absolute Gasteiger partial charge is 0.366 e. The van der Waals surface area contributed by atoms with Gasteiger partial charge >= 0.3 is 0 Å². The van der Waals surface area contributed by atoms with E-state index in [2.05, 4.69) is 29.1 Å². The fraction of sp³-hybridized carbons (Fsp3) is 0.333. The molecule has 0 saturated carbocycles. The number of aromatic nitrogens is 2. The molecule has 0 aliphatic carbocycles. The van der Waals surface area contributed by atoms with Gasteiger partial charge in [0.2, 0.25) is 0 Å². The minimum atomic E-state index is -0.176. The molecule has 0 aliphatic heterocycles. The van der Waals surface area contributed by atoms with Gasteiger partial charge in [0.05, 0.1) is 0 Å². The molecule has 3 nitrogen and oxygen atoms in total. The molecule has 0 radical (unpaired) electrons. The van der Waals surface area contributed by atoms with Gasteiger partial charge in [-0.25, -0.2) is 14.4 Å². The van der Waals surface area contributed by atoms with Crippen molar-refractivity contribution in [2.24, 2.45) is 0 Å². The highest BCUT2D eigenvalue weighted by Crippen LogP contribution is 2.15. The normalized spacial score (nSPS) is 10.8. The van der Waals surface area contributed by atoms with Crippen molar-refractivity contribution in [2.45, 2.75) is 33.2 Å². The van der Waals surface area contributed by atoms with Crippen LogP contribution in [-0.4, -0.2) is 9.97 Å². The highest BCUT2D eigenvalue weighted by atomic mass is 19.1. The Bertz CT molecular complexity index is 567. The van der Waals surface area contributed by atoms with Crippen molar-refractivity contribution in [3.8, 4) is 0 Å². The van der Waals surface area contributed by atoms with E-state index in [4.69, 9.17) is 0 Å². The summed E-state index contributed by atoms with van der Waals surface area (Å²) in [7, 11) is 0. The topological polar surface area (TPSA) is 37.8 Å². The lowest BCUT2D eigenvalue weighted by Crippen LogP contribution is -2.04. The van der Waals surface area contributed by atoms with Crippen molar-refractivity contribution in [1.82, 2.24) is 9.97 Å². The van der Waals surface area contributed by atoms with Gasteiger partial charge in [-0.3, -0.25) is 0 Å². The van der Waals surface area contributed by atoms with Gasteiger partial charge < -0.3 is 5.32 Å². The summed E-state index contributed by atoms with van der Waals surface area (Å²) in [4.78, 5) is 8.37. The molecule has 0 atom stereocenters. The average molecular weight is 259 g/mol. The standard InChI is InChI=1S/C15H18FN3/c1-10(2)14-7-15(19-9-18-14)17-8-12-5-4-11(3)13(16)6-12/h4-7,9-10H,8H2,1-3H3,(H,17,18,19). The van der Waals surface area contributed by atoms with Crippen LogP contribution in [0.3, 0.4) is 0 Å². The molecule has 0 aliphatic rings. The first-order valence-electron chi connectivity index (χ1n) is 6.37. The number of nitrogens with one attached hydrogen (secondary N) is 1. The first-order chi connectivity index (χ1) is 9.06. The van der Waals surface area contributed by atoms with E-state index in [1.165, 1.54) is 0 Å². The van der Waals surface area contributed by atoms with Crippen molar-refractivity contribution >= 4 is 5.82 Å². The number of halogens is 1. The van der Waals surface area contributed by atoms with E-state index >= 15 is 0 Å². The Hall–Kier alpha value is -1.97. The van der Waals surface area contributed by atoms with E-state index in [-0.39, 0.29) is 5.82 Å². The molecule has 2 rings (SSSR count). The molecule has 1 N–H and O–H groups in total. The Morgan fingerprint density at radius 3 is 2.68 bits per heavy atom. The maximum absolute atomic E-state index is 13.4. The van der Waals surface area contributed by atoms with Gasteiger partial charge in [-0.2, -0.15) is 0 Å². The third kappa shape index (κ3) is 3.50. The molecule has 0 amide bonds. The molecule has 19 heavy (non-hydrogen) atoms. The van der Waals surface area contributed by atoms with Gasteiger partial charge in [0.25, 0.3) is 0 Å². The Kier molecular flexibility index (Phi) is 4.10. The van der Waals surface area contributed by atoms with Crippen LogP contribution in [0, 0.1) is 12.7 Å². The lowest BCUT2D eigenvalue weighted by Gasteiger charge is -2.09. The third-order valence-electron chi connectivity index (χ3n) is 2.99. The maximum Gasteiger partial charge on any atom is 0.129 e. The Morgan fingerprint density at radius 1 is 1.21 bits per heavy atom. The summed E-state index contributed by atoms with van der Waals surface area (Å²) in [5.74, 6) is 0.949. The van der Waals surface area contributed by atoms with E-state index in [1.54, 1.807) is 25.4 Å². The number of hydrogen-bond donors (Lipinski definition) is 1. The number of rotatable bonds is 4. The number of aryl methyl sites for hydroxylation is 1. The second-order valence-electron chi connectivity index (χ2n) is 4.92. The van der Waals surface area contributed by atoms with Crippen molar-refractivity contribution < 1.29 is 4.39 Å². The summed E-state index contributed by atoms with van der Waals surface area (Å²) >= 11 is 0. The number of benzene rings is 1. The predicted octanol–water partition coefficient (Wildman–Crippen LogP) is 3.66. The fourth-order valence-corrected chi connectivity index (χ4v) is 1.72. The Balaban J connectivity index is 2.05. The molecule has 0 unspecified atom stereocenters. The van der Waals surface area contributed by atoms with Crippen LogP contribution in [-0.2, 0) is 6.54 Å². The van der Waals surface area contributed by atoms with Crippen molar-refractivity contribution in [3.05, 3.63) is 53.2 Å². The maximum atomic E-state index is 13.4. The first kappa shape index (κ1) is 13.5. The molecular formula is C15H18FN3. The second-order valence-corrected chi connectivity index (χ2v) is 4.92. The highest BCUT2D eigenvalue weighted by Gasteiger charge is 2.04. The Morgan fingerprint density at radius 2 is 2.00 bits per heavy atom. The van der Waals surface area contributed by atoms with E-state index in [0.717, 1.165) is 17.1 Å². The van der Waals surface area contributed by atoms with Gasteiger partial charge in [0.15, 0.2) is 0 Å². The second kappa shape index (κ2) is 5.78. The molecule has 100 valence electrons. The molecule has 0 fully saturated rings. The van der Waals surface area contributed by atoms with Crippen LogP contribution in [0.2, 0.25) is 0 Å². The summed E-state index contributed by atoms with van der Waals surface area (Å²) in [6, 6.07) is 7.17. The lowest BCUT2D eigenvalue weighted by atomic mass is 10.1. The Labute approximate surface area is 112 Å². The van der Waals surface area contributed by atoms with Gasteiger partial charge in [0.1, 0.15) is 18.0 Å². The monoisotopic (exact) mass is 259 g/mol. The van der Waals surface area contributed by atoms with E-state index in [1.807, 2.05) is 12.1 Å². The summed E-state index contributed by atoms with van der Waals surface area (Å²) < 4.78 is 13.4. The zero-order valence-electron chi connectivity index (χ0n) is 11.4. The smallest absolute Gasteiger partial charge is 0.129 e. The molecular weight excluding hydrogens is 241 g/mol. The molecule has 1 heterocycles. The number of hydrogen-bond acceptors (Lipinski definition) is 3. The van der Waals surface area contributed by atoms with Crippen molar-refractivity contribution in [1.29, 1.82) is 0 Å². The molecule has 1 aromatic carbocycles. The highest BCUT2D eigenvalue weighted by molar-refractivity contribution is 5.37. The van der Waals surface area contributed by atoms with E-state index in [9.17, 15) is 4.39 Å². The summed E-state index contributed by atoms with van der Waals surface area (Å²) in [5, 5.41) is 3.19. The van der Waals surface area contributed by atoms with Crippen LogP contribution in [0.4, 0.5) is 10.2 Å². The zero-order chi connectivity index (χ0) is 13.8. The molecule has 4 heteroatoms. The third-order valence-corrected chi connectivity index (χ3v) is 2.99. The van der Waals surface area contributed by atoms with Crippen molar-refractivity contribution in [2.75, 3.05) is 5.32 Å². The first-order valence-corrected chi connectivity index (χ1v) is 6.37. The number of nitrogens with zero attached hydrogens (tertiary/aromatic N) is 2. The summed E-state index contributed by atoms with van der Waals surface area (Å²) in [6.45, 7) is 6.47. The molecule has 0 bridgehead atoms. The lowest BCUT2D eigenvalue weighted by molar-refractivity contribution is 0.616. The number of anilines is 1. The quantitative estimate of drug-likeness (QED) is 0.910. The molecule has 2 aromatic rings. The van der Waals surface area contributed by atoms with Crippen LogP contribution >= 0.6 is 0 Å². The summed E-state index contributed by atoms with van der Waals surface area (Å²) in [6.07, 6.45) is 1.55. The minimum Gasteiger partial charge on any atom is -0.366 e. The SMILES string of the molecule is Cc1ccc(CNc2cc(C(C)C)ncn2)cc1F.